The Bertz CT molecular complexity index is 213. The second-order valence-electron chi connectivity index (χ2n) is 3.60. The SMILES string of the molecule is [CH2]N1C(=O)[C@H]2CCCC[C@H]2C1=O. The molecule has 0 aromatic heterocycles. The minimum absolute atomic E-state index is 0.0382. The van der Waals surface area contributed by atoms with Gasteiger partial charge in [0, 0.05) is 7.05 Å². The number of imide groups is 1. The third-order valence-corrected chi connectivity index (χ3v) is 2.93. The molecule has 1 heterocycles. The van der Waals surface area contributed by atoms with E-state index in [0.717, 1.165) is 30.6 Å². The third-order valence-electron chi connectivity index (χ3n) is 2.93. The second-order valence-corrected chi connectivity index (χ2v) is 3.60. The highest BCUT2D eigenvalue weighted by molar-refractivity contribution is 6.05. The Morgan fingerprint density at radius 1 is 1.08 bits per heavy atom. The van der Waals surface area contributed by atoms with Gasteiger partial charge in [0.2, 0.25) is 11.8 Å². The molecule has 0 N–H and O–H groups in total. The number of carbonyl (C=O) groups excluding carboxylic acids is 2. The number of hydrogen-bond acceptors (Lipinski definition) is 2. The van der Waals surface area contributed by atoms with Crippen LogP contribution < -0.4 is 0 Å². The summed E-state index contributed by atoms with van der Waals surface area (Å²) in [6.07, 6.45) is 3.91. The minimum Gasteiger partial charge on any atom is -0.280 e. The van der Waals surface area contributed by atoms with Crippen molar-refractivity contribution < 1.29 is 9.59 Å². The second kappa shape index (κ2) is 2.57. The lowest BCUT2D eigenvalue weighted by Crippen LogP contribution is -2.23. The summed E-state index contributed by atoms with van der Waals surface area (Å²) in [7, 11) is 3.46. The van der Waals surface area contributed by atoms with E-state index in [2.05, 4.69) is 7.05 Å². The summed E-state index contributed by atoms with van der Waals surface area (Å²) in [6, 6.07) is 0. The molecule has 0 bridgehead atoms. The van der Waals surface area contributed by atoms with Crippen LogP contribution in [0.1, 0.15) is 25.7 Å². The average molecular weight is 166 g/mol. The van der Waals surface area contributed by atoms with Crippen molar-refractivity contribution in [3.63, 3.8) is 0 Å². The Balaban J connectivity index is 2.25. The van der Waals surface area contributed by atoms with Gasteiger partial charge in [0.1, 0.15) is 0 Å². The van der Waals surface area contributed by atoms with E-state index in [9.17, 15) is 9.59 Å². The van der Waals surface area contributed by atoms with E-state index >= 15 is 0 Å². The van der Waals surface area contributed by atoms with Crippen LogP contribution in [0.4, 0.5) is 0 Å². The summed E-state index contributed by atoms with van der Waals surface area (Å²) in [5.41, 5.74) is 0. The predicted octanol–water partition coefficient (Wildman–Crippen LogP) is 0.953. The van der Waals surface area contributed by atoms with Crippen LogP contribution in [-0.2, 0) is 9.59 Å². The van der Waals surface area contributed by atoms with Crippen LogP contribution >= 0.6 is 0 Å². The highest BCUT2D eigenvalue weighted by atomic mass is 16.2. The minimum atomic E-state index is -0.0651. The third kappa shape index (κ3) is 0.886. The first-order valence-electron chi connectivity index (χ1n) is 4.40. The molecule has 3 heteroatoms. The number of amides is 2. The van der Waals surface area contributed by atoms with Crippen molar-refractivity contribution in [1.82, 2.24) is 4.90 Å². The van der Waals surface area contributed by atoms with Crippen molar-refractivity contribution in [2.45, 2.75) is 25.7 Å². The summed E-state index contributed by atoms with van der Waals surface area (Å²) in [5, 5.41) is 0. The smallest absolute Gasteiger partial charge is 0.233 e. The van der Waals surface area contributed by atoms with Gasteiger partial charge in [0.05, 0.1) is 11.8 Å². The molecular formula is C9H12NO2. The maximum Gasteiger partial charge on any atom is 0.233 e. The topological polar surface area (TPSA) is 37.4 Å². The summed E-state index contributed by atoms with van der Waals surface area (Å²) in [6.45, 7) is 0. The van der Waals surface area contributed by atoms with Gasteiger partial charge < -0.3 is 0 Å². The molecule has 0 unspecified atom stereocenters. The lowest BCUT2D eigenvalue weighted by molar-refractivity contribution is -0.136. The monoisotopic (exact) mass is 166 g/mol. The van der Waals surface area contributed by atoms with Gasteiger partial charge in [0.15, 0.2) is 0 Å². The number of likely N-dealkylation sites (tertiary alicyclic amines) is 1. The average Bonchev–Trinajstić information content (AvgIpc) is 2.33. The molecule has 0 aromatic carbocycles. The highest BCUT2D eigenvalue weighted by Crippen LogP contribution is 2.37. The lowest BCUT2D eigenvalue weighted by Gasteiger charge is -2.19. The van der Waals surface area contributed by atoms with Crippen molar-refractivity contribution in [3.8, 4) is 0 Å². The van der Waals surface area contributed by atoms with Gasteiger partial charge in [-0.25, -0.2) is 0 Å². The molecule has 1 saturated heterocycles. The highest BCUT2D eigenvalue weighted by Gasteiger charge is 2.46. The molecule has 65 valence electrons. The van der Waals surface area contributed by atoms with E-state index in [0.29, 0.717) is 0 Å². The Labute approximate surface area is 71.7 Å². The molecule has 2 atom stereocenters. The zero-order valence-corrected chi connectivity index (χ0v) is 6.95. The lowest BCUT2D eigenvalue weighted by atomic mass is 9.81. The summed E-state index contributed by atoms with van der Waals surface area (Å²) in [4.78, 5) is 23.8. The molecule has 3 nitrogen and oxygen atoms in total. The van der Waals surface area contributed by atoms with Crippen molar-refractivity contribution in [1.29, 1.82) is 0 Å². The molecule has 2 aliphatic rings. The van der Waals surface area contributed by atoms with Crippen LogP contribution in [-0.4, -0.2) is 16.7 Å². The molecule has 2 amide bonds. The van der Waals surface area contributed by atoms with Crippen molar-refractivity contribution in [3.05, 3.63) is 7.05 Å². The molecule has 2 rings (SSSR count). The van der Waals surface area contributed by atoms with E-state index in [-0.39, 0.29) is 23.7 Å². The van der Waals surface area contributed by atoms with Crippen LogP contribution in [0, 0.1) is 18.9 Å². The molecule has 1 saturated carbocycles. The number of hydrogen-bond donors (Lipinski definition) is 0. The first kappa shape index (κ1) is 7.77. The molecule has 1 aliphatic heterocycles. The standard InChI is InChI=1S/C9H12NO2/c1-10-8(11)6-4-2-3-5-7(6)9(10)12/h6-7H,1-5H2/t6-,7+. The van der Waals surface area contributed by atoms with Crippen LogP contribution in [0.5, 0.6) is 0 Å². The molecular weight excluding hydrogens is 154 g/mol. The first-order valence-corrected chi connectivity index (χ1v) is 4.40. The summed E-state index contributed by atoms with van der Waals surface area (Å²) < 4.78 is 0. The van der Waals surface area contributed by atoms with Crippen LogP contribution in [0.3, 0.4) is 0 Å². The Kier molecular flexibility index (Phi) is 1.67. The van der Waals surface area contributed by atoms with Gasteiger partial charge in [0.25, 0.3) is 0 Å². The predicted molar refractivity (Wildman–Crippen MR) is 42.7 cm³/mol. The number of rotatable bonds is 0. The summed E-state index contributed by atoms with van der Waals surface area (Å²) >= 11 is 0. The fourth-order valence-electron chi connectivity index (χ4n) is 2.23. The fourth-order valence-corrected chi connectivity index (χ4v) is 2.23. The normalized spacial score (nSPS) is 35.6. The van der Waals surface area contributed by atoms with Crippen molar-refractivity contribution in [2.75, 3.05) is 0 Å². The van der Waals surface area contributed by atoms with Crippen LogP contribution in [0.25, 0.3) is 0 Å². The molecule has 12 heavy (non-hydrogen) atoms. The Hall–Kier alpha value is -0.860. The Morgan fingerprint density at radius 2 is 1.50 bits per heavy atom. The quantitative estimate of drug-likeness (QED) is 0.502. The molecule has 1 radical (unpaired) electrons. The number of nitrogens with zero attached hydrogens (tertiary/aromatic N) is 1. The van der Waals surface area contributed by atoms with Gasteiger partial charge in [-0.15, -0.1) is 0 Å². The van der Waals surface area contributed by atoms with Gasteiger partial charge in [-0.05, 0) is 12.8 Å². The fraction of sp³-hybridized carbons (Fsp3) is 0.667. The maximum atomic E-state index is 11.4. The van der Waals surface area contributed by atoms with E-state index in [4.69, 9.17) is 0 Å². The van der Waals surface area contributed by atoms with Crippen molar-refractivity contribution >= 4 is 11.8 Å². The zero-order chi connectivity index (χ0) is 8.72. The van der Waals surface area contributed by atoms with Gasteiger partial charge in [-0.1, -0.05) is 12.8 Å². The summed E-state index contributed by atoms with van der Waals surface area (Å²) in [5.74, 6) is -0.207. The molecule has 1 aliphatic carbocycles. The molecule has 0 spiro atoms. The van der Waals surface area contributed by atoms with E-state index in [1.807, 2.05) is 0 Å². The van der Waals surface area contributed by atoms with Crippen LogP contribution in [0.15, 0.2) is 0 Å². The van der Waals surface area contributed by atoms with Gasteiger partial charge in [-0.2, -0.15) is 0 Å². The number of fused-ring (bicyclic) bond motifs is 1. The maximum absolute atomic E-state index is 11.4. The zero-order valence-electron chi connectivity index (χ0n) is 6.95. The number of carbonyl (C=O) groups is 2. The first-order chi connectivity index (χ1) is 5.72. The van der Waals surface area contributed by atoms with Crippen molar-refractivity contribution in [2.24, 2.45) is 11.8 Å². The Morgan fingerprint density at radius 3 is 1.92 bits per heavy atom. The molecule has 0 aromatic rings. The largest absolute Gasteiger partial charge is 0.280 e. The van der Waals surface area contributed by atoms with Crippen LogP contribution in [0.2, 0.25) is 0 Å². The van der Waals surface area contributed by atoms with Gasteiger partial charge in [-0.3, -0.25) is 14.5 Å². The van der Waals surface area contributed by atoms with E-state index in [1.165, 1.54) is 0 Å². The molecule has 2 fully saturated rings. The van der Waals surface area contributed by atoms with E-state index < -0.39 is 0 Å². The van der Waals surface area contributed by atoms with Gasteiger partial charge >= 0.3 is 0 Å². The van der Waals surface area contributed by atoms with E-state index in [1.54, 1.807) is 0 Å².